The number of carbonyl (C=O) groups is 1. The number of ether oxygens (including phenoxy) is 4. The maximum Gasteiger partial charge on any atom is 0.227 e. The zero-order valence-corrected chi connectivity index (χ0v) is 15.0. The molecule has 0 N–H and O–H groups in total. The molecule has 1 aromatic rings. The summed E-state index contributed by atoms with van der Waals surface area (Å²) in [6.07, 6.45) is 1.17. The zero-order chi connectivity index (χ0) is 17.7. The molecular formula is C19H27NO5. The Balaban J connectivity index is 1.66. The van der Waals surface area contributed by atoms with Gasteiger partial charge in [0.1, 0.15) is 5.75 Å². The number of amides is 1. The van der Waals surface area contributed by atoms with E-state index in [0.717, 1.165) is 17.7 Å². The molecule has 2 aliphatic heterocycles. The first-order valence-electron chi connectivity index (χ1n) is 8.87. The second-order valence-corrected chi connectivity index (χ2v) is 6.64. The van der Waals surface area contributed by atoms with Gasteiger partial charge in [0.05, 0.1) is 51.6 Å². The van der Waals surface area contributed by atoms with Crippen LogP contribution < -0.4 is 4.74 Å². The van der Waals surface area contributed by atoms with Gasteiger partial charge in [-0.2, -0.15) is 0 Å². The lowest BCUT2D eigenvalue weighted by Gasteiger charge is -2.43. The summed E-state index contributed by atoms with van der Waals surface area (Å²) in [5.41, 5.74) is 0.626. The van der Waals surface area contributed by atoms with Crippen molar-refractivity contribution in [2.24, 2.45) is 0 Å². The number of hydrogen-bond acceptors (Lipinski definition) is 5. The van der Waals surface area contributed by atoms with E-state index in [2.05, 4.69) is 0 Å². The molecule has 1 spiro atoms. The molecule has 2 heterocycles. The third-order valence-electron chi connectivity index (χ3n) is 4.92. The van der Waals surface area contributed by atoms with Crippen LogP contribution in [0.15, 0.2) is 24.3 Å². The largest absolute Gasteiger partial charge is 0.497 e. The second-order valence-electron chi connectivity index (χ2n) is 6.64. The number of nitrogens with zero attached hydrogens (tertiary/aromatic N) is 1. The average Bonchev–Trinajstić information content (AvgIpc) is 3.04. The standard InChI is InChI=1S/C19H27NO5/c1-3-23-12-17-11-19(14-25-17)13-24-9-8-20(19)18(21)10-15-4-6-16(22-2)7-5-15/h4-7,17H,3,8-14H2,1-2H3. The number of carbonyl (C=O) groups excluding carboxylic acids is 1. The molecule has 6 heteroatoms. The van der Waals surface area contributed by atoms with Gasteiger partial charge < -0.3 is 23.8 Å². The summed E-state index contributed by atoms with van der Waals surface area (Å²) >= 11 is 0. The first-order valence-corrected chi connectivity index (χ1v) is 8.87. The number of methoxy groups -OCH3 is 1. The van der Waals surface area contributed by atoms with Gasteiger partial charge in [0.25, 0.3) is 0 Å². The summed E-state index contributed by atoms with van der Waals surface area (Å²) in [7, 11) is 1.64. The smallest absolute Gasteiger partial charge is 0.227 e. The fourth-order valence-corrected chi connectivity index (χ4v) is 3.60. The molecule has 2 atom stereocenters. The quantitative estimate of drug-likeness (QED) is 0.782. The molecule has 3 rings (SSSR count). The van der Waals surface area contributed by atoms with Crippen LogP contribution in [0.5, 0.6) is 5.75 Å². The van der Waals surface area contributed by atoms with Crippen LogP contribution in [0, 0.1) is 0 Å². The highest BCUT2D eigenvalue weighted by Crippen LogP contribution is 2.33. The highest BCUT2D eigenvalue weighted by molar-refractivity contribution is 5.80. The molecule has 138 valence electrons. The summed E-state index contributed by atoms with van der Waals surface area (Å²) in [5.74, 6) is 0.913. The molecule has 6 nitrogen and oxygen atoms in total. The minimum absolute atomic E-state index is 0.0259. The maximum atomic E-state index is 13.0. The summed E-state index contributed by atoms with van der Waals surface area (Å²) in [4.78, 5) is 14.9. The Bertz CT molecular complexity index is 576. The van der Waals surface area contributed by atoms with Crippen LogP contribution in [0.2, 0.25) is 0 Å². The van der Waals surface area contributed by atoms with Crippen LogP contribution in [-0.4, -0.2) is 69.1 Å². The molecule has 0 radical (unpaired) electrons. The van der Waals surface area contributed by atoms with Crippen LogP contribution in [0.4, 0.5) is 0 Å². The molecule has 2 fully saturated rings. The lowest BCUT2D eigenvalue weighted by molar-refractivity contribution is -0.148. The molecule has 0 bridgehead atoms. The van der Waals surface area contributed by atoms with Gasteiger partial charge in [-0.25, -0.2) is 0 Å². The van der Waals surface area contributed by atoms with Crippen molar-refractivity contribution < 1.29 is 23.7 Å². The van der Waals surface area contributed by atoms with Gasteiger partial charge in [-0.15, -0.1) is 0 Å². The Labute approximate surface area is 149 Å². The molecule has 25 heavy (non-hydrogen) atoms. The van der Waals surface area contributed by atoms with Crippen molar-refractivity contribution in [3.8, 4) is 5.75 Å². The number of rotatable bonds is 6. The van der Waals surface area contributed by atoms with Gasteiger partial charge in [0.15, 0.2) is 0 Å². The van der Waals surface area contributed by atoms with E-state index in [-0.39, 0.29) is 17.6 Å². The average molecular weight is 349 g/mol. The van der Waals surface area contributed by atoms with Gasteiger partial charge in [-0.05, 0) is 24.6 Å². The first kappa shape index (κ1) is 18.2. The Morgan fingerprint density at radius 1 is 1.32 bits per heavy atom. The maximum absolute atomic E-state index is 13.0. The third-order valence-corrected chi connectivity index (χ3v) is 4.92. The van der Waals surface area contributed by atoms with Gasteiger partial charge in [0, 0.05) is 19.6 Å². The van der Waals surface area contributed by atoms with E-state index in [1.165, 1.54) is 0 Å². The second kappa shape index (κ2) is 8.17. The first-order chi connectivity index (χ1) is 12.2. The van der Waals surface area contributed by atoms with E-state index in [1.54, 1.807) is 7.11 Å². The van der Waals surface area contributed by atoms with Crippen LogP contribution in [0.3, 0.4) is 0 Å². The normalized spacial score (nSPS) is 26.2. The third kappa shape index (κ3) is 4.14. The molecule has 2 aliphatic rings. The molecule has 1 amide bonds. The molecule has 2 saturated heterocycles. The lowest BCUT2D eigenvalue weighted by atomic mass is 9.92. The van der Waals surface area contributed by atoms with Gasteiger partial charge in [-0.3, -0.25) is 4.79 Å². The Morgan fingerprint density at radius 3 is 2.84 bits per heavy atom. The van der Waals surface area contributed by atoms with E-state index in [9.17, 15) is 4.79 Å². The fourth-order valence-electron chi connectivity index (χ4n) is 3.60. The fraction of sp³-hybridized carbons (Fsp3) is 0.632. The highest BCUT2D eigenvalue weighted by Gasteiger charge is 2.48. The lowest BCUT2D eigenvalue weighted by Crippen LogP contribution is -2.60. The van der Waals surface area contributed by atoms with E-state index in [4.69, 9.17) is 18.9 Å². The number of hydrogen-bond donors (Lipinski definition) is 0. The predicted octanol–water partition coefficient (Wildman–Crippen LogP) is 1.66. The Kier molecular flexibility index (Phi) is 5.93. The highest BCUT2D eigenvalue weighted by atomic mass is 16.5. The number of benzene rings is 1. The molecular weight excluding hydrogens is 322 g/mol. The van der Waals surface area contributed by atoms with Crippen molar-refractivity contribution in [1.82, 2.24) is 4.90 Å². The minimum Gasteiger partial charge on any atom is -0.497 e. The van der Waals surface area contributed by atoms with Crippen LogP contribution in [0.1, 0.15) is 18.9 Å². The Morgan fingerprint density at radius 2 is 2.12 bits per heavy atom. The molecule has 0 saturated carbocycles. The predicted molar refractivity (Wildman–Crippen MR) is 92.8 cm³/mol. The monoisotopic (exact) mass is 349 g/mol. The number of morpholine rings is 1. The van der Waals surface area contributed by atoms with Gasteiger partial charge >= 0.3 is 0 Å². The van der Waals surface area contributed by atoms with Crippen LogP contribution in [0.25, 0.3) is 0 Å². The molecule has 0 aromatic heterocycles. The summed E-state index contributed by atoms with van der Waals surface area (Å²) in [5, 5.41) is 0. The Hall–Kier alpha value is -1.63. The van der Waals surface area contributed by atoms with Gasteiger partial charge in [0.2, 0.25) is 5.91 Å². The van der Waals surface area contributed by atoms with E-state index >= 15 is 0 Å². The van der Waals surface area contributed by atoms with E-state index in [0.29, 0.717) is 46.0 Å². The van der Waals surface area contributed by atoms with Crippen molar-refractivity contribution in [3.63, 3.8) is 0 Å². The summed E-state index contributed by atoms with van der Waals surface area (Å²) in [6, 6.07) is 7.64. The topological polar surface area (TPSA) is 57.2 Å². The van der Waals surface area contributed by atoms with Crippen molar-refractivity contribution in [3.05, 3.63) is 29.8 Å². The summed E-state index contributed by atoms with van der Waals surface area (Å²) < 4.78 is 22.2. The van der Waals surface area contributed by atoms with Gasteiger partial charge in [-0.1, -0.05) is 12.1 Å². The van der Waals surface area contributed by atoms with Crippen molar-refractivity contribution >= 4 is 5.91 Å². The molecule has 2 unspecified atom stereocenters. The van der Waals surface area contributed by atoms with Crippen LogP contribution in [-0.2, 0) is 25.4 Å². The SMILES string of the molecule is CCOCC1CC2(COCCN2C(=O)Cc2ccc(OC)cc2)CO1. The van der Waals surface area contributed by atoms with E-state index in [1.807, 2.05) is 36.1 Å². The zero-order valence-electron chi connectivity index (χ0n) is 15.0. The van der Waals surface area contributed by atoms with Crippen molar-refractivity contribution in [2.45, 2.75) is 31.4 Å². The van der Waals surface area contributed by atoms with E-state index < -0.39 is 0 Å². The molecule has 0 aliphatic carbocycles. The van der Waals surface area contributed by atoms with Crippen LogP contribution >= 0.6 is 0 Å². The summed E-state index contributed by atoms with van der Waals surface area (Å²) in [6.45, 7) is 5.44. The minimum atomic E-state index is -0.358. The van der Waals surface area contributed by atoms with Crippen molar-refractivity contribution in [2.75, 3.05) is 46.7 Å². The molecule has 1 aromatic carbocycles. The van der Waals surface area contributed by atoms with Crippen molar-refractivity contribution in [1.29, 1.82) is 0 Å².